The van der Waals surface area contributed by atoms with Crippen LogP contribution in [0.2, 0.25) is 0 Å². The molecule has 7 nitrogen and oxygen atoms in total. The maximum atomic E-state index is 9.87. The zero-order valence-corrected chi connectivity index (χ0v) is 9.16. The molecule has 0 amide bonds. The summed E-state index contributed by atoms with van der Waals surface area (Å²) < 4.78 is 16.0. The summed E-state index contributed by atoms with van der Waals surface area (Å²) in [6, 6.07) is 0. The van der Waals surface area contributed by atoms with Crippen molar-refractivity contribution in [3.05, 3.63) is 0 Å². The number of fused-ring (bicyclic) bond motifs is 1. The van der Waals surface area contributed by atoms with E-state index in [9.17, 15) is 10.2 Å². The molecule has 0 unspecified atom stereocenters. The van der Waals surface area contributed by atoms with Crippen LogP contribution in [0.4, 0.5) is 0 Å². The Balaban J connectivity index is 2.22. The number of hydrogen-bond acceptors (Lipinski definition) is 7. The summed E-state index contributed by atoms with van der Waals surface area (Å²) in [5.74, 6) is -0.920. The fourth-order valence-electron chi connectivity index (χ4n) is 1.99. The van der Waals surface area contributed by atoms with Crippen LogP contribution >= 0.6 is 0 Å². The highest BCUT2D eigenvalue weighted by Crippen LogP contribution is 2.38. The number of aliphatic hydroxyl groups is 3. The van der Waals surface area contributed by atoms with Crippen molar-refractivity contribution in [1.29, 1.82) is 0 Å². The van der Waals surface area contributed by atoms with E-state index in [0.29, 0.717) is 0 Å². The van der Waals surface area contributed by atoms with Gasteiger partial charge in [0, 0.05) is 0 Å². The van der Waals surface area contributed by atoms with Gasteiger partial charge in [-0.3, -0.25) is 5.73 Å². The van der Waals surface area contributed by atoms with Crippen molar-refractivity contribution >= 4 is 0 Å². The molecule has 2 aliphatic rings. The number of rotatable bonds is 1. The van der Waals surface area contributed by atoms with Crippen molar-refractivity contribution in [3.8, 4) is 0 Å². The van der Waals surface area contributed by atoms with E-state index in [1.54, 1.807) is 13.8 Å². The predicted octanol–water partition coefficient (Wildman–Crippen LogP) is -2.14. The largest absolute Gasteiger partial charge is 0.393 e. The Morgan fingerprint density at radius 2 is 1.94 bits per heavy atom. The van der Waals surface area contributed by atoms with Gasteiger partial charge in [-0.1, -0.05) is 0 Å². The van der Waals surface area contributed by atoms with E-state index in [0.717, 1.165) is 0 Å². The molecule has 94 valence electrons. The third kappa shape index (κ3) is 1.74. The van der Waals surface area contributed by atoms with Crippen molar-refractivity contribution in [3.63, 3.8) is 0 Å². The molecule has 0 aliphatic carbocycles. The van der Waals surface area contributed by atoms with Gasteiger partial charge in [-0.2, -0.15) is 0 Å². The molecule has 0 radical (unpaired) electrons. The topological polar surface area (TPSA) is 114 Å². The maximum absolute atomic E-state index is 9.87. The highest BCUT2D eigenvalue weighted by molar-refractivity contribution is 5.00. The summed E-state index contributed by atoms with van der Waals surface area (Å²) in [6.07, 6.45) is -4.20. The van der Waals surface area contributed by atoms with E-state index < -0.39 is 42.7 Å². The SMILES string of the molecule is CC1(C)O[C@H]2O[C@H](CO)[C@@](N)(O)[C@H](O)[C@H]2O1. The van der Waals surface area contributed by atoms with Crippen LogP contribution in [0.1, 0.15) is 13.8 Å². The Hall–Kier alpha value is -0.280. The first-order valence-electron chi connectivity index (χ1n) is 5.09. The van der Waals surface area contributed by atoms with E-state index in [1.165, 1.54) is 0 Å². The quantitative estimate of drug-likeness (QED) is 0.383. The molecule has 2 fully saturated rings. The van der Waals surface area contributed by atoms with Crippen LogP contribution in [0, 0.1) is 0 Å². The lowest BCUT2D eigenvalue weighted by molar-refractivity contribution is -0.292. The Bertz CT molecular complexity index is 281. The van der Waals surface area contributed by atoms with E-state index >= 15 is 0 Å². The van der Waals surface area contributed by atoms with E-state index in [2.05, 4.69) is 0 Å². The summed E-state index contributed by atoms with van der Waals surface area (Å²) in [5, 5.41) is 28.7. The lowest BCUT2D eigenvalue weighted by Gasteiger charge is -2.43. The van der Waals surface area contributed by atoms with Crippen molar-refractivity contribution in [2.45, 2.75) is 50.0 Å². The first-order valence-corrected chi connectivity index (χ1v) is 5.09. The summed E-state index contributed by atoms with van der Waals surface area (Å²) in [4.78, 5) is 0. The van der Waals surface area contributed by atoms with Crippen LogP contribution in [0.5, 0.6) is 0 Å². The number of nitrogens with two attached hydrogens (primary N) is 1. The van der Waals surface area contributed by atoms with Crippen LogP contribution in [-0.2, 0) is 14.2 Å². The van der Waals surface area contributed by atoms with Gasteiger partial charge in [0.15, 0.2) is 17.8 Å². The minimum atomic E-state index is -2.06. The number of ether oxygens (including phenoxy) is 3. The van der Waals surface area contributed by atoms with Crippen molar-refractivity contribution in [2.24, 2.45) is 5.73 Å². The summed E-state index contributed by atoms with van der Waals surface area (Å²) >= 11 is 0. The van der Waals surface area contributed by atoms with Gasteiger partial charge in [0.2, 0.25) is 0 Å². The molecule has 2 heterocycles. The van der Waals surface area contributed by atoms with E-state index in [-0.39, 0.29) is 0 Å². The molecule has 2 saturated heterocycles. The molecule has 7 heteroatoms. The van der Waals surface area contributed by atoms with Crippen LogP contribution in [0.25, 0.3) is 0 Å². The molecule has 16 heavy (non-hydrogen) atoms. The standard InChI is InChI=1S/C9H17NO6/c1-8(2)15-5-6(12)9(10,13)4(3-11)14-7(5)16-8/h4-7,11-13H,3,10H2,1-2H3/t4-,5-,6-,7-,9-/m1/s1. The normalized spacial score (nSPS) is 51.4. The van der Waals surface area contributed by atoms with Gasteiger partial charge in [0.25, 0.3) is 0 Å². The fourth-order valence-corrected chi connectivity index (χ4v) is 1.99. The lowest BCUT2D eigenvalue weighted by Crippen LogP contribution is -2.70. The molecule has 0 aromatic heterocycles. The molecule has 0 aromatic carbocycles. The first-order chi connectivity index (χ1) is 7.28. The molecule has 5 atom stereocenters. The van der Waals surface area contributed by atoms with Gasteiger partial charge in [-0.05, 0) is 13.8 Å². The summed E-state index contributed by atoms with van der Waals surface area (Å²) in [7, 11) is 0. The molecule has 2 rings (SSSR count). The van der Waals surface area contributed by atoms with Gasteiger partial charge >= 0.3 is 0 Å². The van der Waals surface area contributed by atoms with E-state index in [4.69, 9.17) is 25.1 Å². The Labute approximate surface area is 92.7 Å². The second-order valence-corrected chi connectivity index (χ2v) is 4.61. The highest BCUT2D eigenvalue weighted by atomic mass is 16.8. The van der Waals surface area contributed by atoms with Gasteiger partial charge in [0.1, 0.15) is 18.3 Å². The monoisotopic (exact) mass is 235 g/mol. The predicted molar refractivity (Wildman–Crippen MR) is 50.9 cm³/mol. The first kappa shape index (κ1) is 12.2. The summed E-state index contributed by atoms with van der Waals surface area (Å²) in [5.41, 5.74) is 3.45. The molecular formula is C9H17NO6. The lowest BCUT2D eigenvalue weighted by atomic mass is 9.93. The molecule has 0 aromatic rings. The van der Waals surface area contributed by atoms with E-state index in [1.807, 2.05) is 0 Å². The number of aliphatic hydroxyl groups excluding tert-OH is 2. The second kappa shape index (κ2) is 3.61. The molecule has 2 aliphatic heterocycles. The molecular weight excluding hydrogens is 218 g/mol. The Kier molecular flexibility index (Phi) is 2.75. The average molecular weight is 235 g/mol. The maximum Gasteiger partial charge on any atom is 0.190 e. The van der Waals surface area contributed by atoms with Crippen LogP contribution in [0.15, 0.2) is 0 Å². The smallest absolute Gasteiger partial charge is 0.190 e. The minimum Gasteiger partial charge on any atom is -0.393 e. The highest BCUT2D eigenvalue weighted by Gasteiger charge is 2.59. The Morgan fingerprint density at radius 3 is 2.50 bits per heavy atom. The minimum absolute atomic E-state index is 0.517. The van der Waals surface area contributed by atoms with Gasteiger partial charge < -0.3 is 29.5 Å². The molecule has 0 saturated carbocycles. The third-order valence-electron chi connectivity index (χ3n) is 2.85. The third-order valence-corrected chi connectivity index (χ3v) is 2.85. The van der Waals surface area contributed by atoms with Crippen LogP contribution in [-0.4, -0.2) is 58.0 Å². The summed E-state index contributed by atoms with van der Waals surface area (Å²) in [6.45, 7) is 2.80. The van der Waals surface area contributed by atoms with Crippen LogP contribution < -0.4 is 5.73 Å². The van der Waals surface area contributed by atoms with Crippen LogP contribution in [0.3, 0.4) is 0 Å². The zero-order valence-electron chi connectivity index (χ0n) is 9.16. The number of hydrogen-bond donors (Lipinski definition) is 4. The molecule has 0 spiro atoms. The van der Waals surface area contributed by atoms with Crippen molar-refractivity contribution in [2.75, 3.05) is 6.61 Å². The van der Waals surface area contributed by atoms with Gasteiger partial charge in [-0.25, -0.2) is 0 Å². The molecule has 0 bridgehead atoms. The zero-order chi connectivity index (χ0) is 12.1. The second-order valence-electron chi connectivity index (χ2n) is 4.61. The average Bonchev–Trinajstić information content (AvgIpc) is 2.47. The van der Waals surface area contributed by atoms with Gasteiger partial charge in [-0.15, -0.1) is 0 Å². The fraction of sp³-hybridized carbons (Fsp3) is 1.00. The van der Waals surface area contributed by atoms with Crippen molar-refractivity contribution < 1.29 is 29.5 Å². The van der Waals surface area contributed by atoms with Crippen molar-refractivity contribution in [1.82, 2.24) is 0 Å². The van der Waals surface area contributed by atoms with Gasteiger partial charge in [0.05, 0.1) is 6.61 Å². The Morgan fingerprint density at radius 1 is 1.31 bits per heavy atom. The molecule has 5 N–H and O–H groups in total.